The van der Waals surface area contributed by atoms with Crippen LogP contribution in [-0.2, 0) is 19.3 Å². The average molecular weight is 302 g/mol. The molecule has 0 amide bonds. The van der Waals surface area contributed by atoms with Crippen LogP contribution in [0.4, 0.5) is 4.39 Å². The molecule has 118 valence electrons. The van der Waals surface area contributed by atoms with E-state index in [0.29, 0.717) is 0 Å². The minimum atomic E-state index is -0.186. The van der Waals surface area contributed by atoms with Crippen LogP contribution in [0.5, 0.6) is 11.5 Å². The Bertz CT molecular complexity index is 623. The van der Waals surface area contributed by atoms with Crippen LogP contribution in [0.1, 0.15) is 30.0 Å². The lowest BCUT2D eigenvalue weighted by atomic mass is 9.96. The first-order chi connectivity index (χ1) is 10.7. The van der Waals surface area contributed by atoms with Crippen LogP contribution in [0.2, 0.25) is 0 Å². The van der Waals surface area contributed by atoms with Crippen molar-refractivity contribution in [3.8, 4) is 11.5 Å². The molecule has 22 heavy (non-hydrogen) atoms. The van der Waals surface area contributed by atoms with E-state index in [1.807, 2.05) is 12.1 Å². The van der Waals surface area contributed by atoms with Crippen LogP contribution >= 0.6 is 0 Å². The predicted octanol–water partition coefficient (Wildman–Crippen LogP) is 4.58. The standard InChI is InChI=1S/C19H23FO2/c1-4-6-18-15(12-17(21-2)13-19(18)22-3)10-9-14-7-5-8-16(20)11-14/h5,7-8,11-13H,4,6,9-10H2,1-3H3. The molecular weight excluding hydrogens is 279 g/mol. The third kappa shape index (κ3) is 4.00. The van der Waals surface area contributed by atoms with Crippen molar-refractivity contribution >= 4 is 0 Å². The molecular formula is C19H23FO2. The third-order valence-electron chi connectivity index (χ3n) is 3.80. The summed E-state index contributed by atoms with van der Waals surface area (Å²) >= 11 is 0. The zero-order valence-electron chi connectivity index (χ0n) is 13.5. The number of ether oxygens (including phenoxy) is 2. The second kappa shape index (κ2) is 7.83. The molecule has 3 heteroatoms. The van der Waals surface area contributed by atoms with Crippen molar-refractivity contribution in [1.82, 2.24) is 0 Å². The van der Waals surface area contributed by atoms with Crippen molar-refractivity contribution in [1.29, 1.82) is 0 Å². The van der Waals surface area contributed by atoms with Crippen LogP contribution in [0.3, 0.4) is 0 Å². The molecule has 0 spiro atoms. The van der Waals surface area contributed by atoms with Gasteiger partial charge in [-0.05, 0) is 54.2 Å². The summed E-state index contributed by atoms with van der Waals surface area (Å²) in [5.74, 6) is 1.48. The fraction of sp³-hybridized carbons (Fsp3) is 0.368. The molecule has 2 rings (SSSR count). The van der Waals surface area contributed by atoms with E-state index in [9.17, 15) is 4.39 Å². The summed E-state index contributed by atoms with van der Waals surface area (Å²) in [7, 11) is 3.34. The Labute approximate surface area is 131 Å². The van der Waals surface area contributed by atoms with Crippen LogP contribution in [-0.4, -0.2) is 14.2 Å². The normalized spacial score (nSPS) is 10.5. The maximum atomic E-state index is 13.3. The molecule has 2 aromatic rings. The highest BCUT2D eigenvalue weighted by Gasteiger charge is 2.12. The van der Waals surface area contributed by atoms with E-state index in [-0.39, 0.29) is 5.82 Å². The number of hydrogen-bond acceptors (Lipinski definition) is 2. The molecule has 0 radical (unpaired) electrons. The number of benzene rings is 2. The first-order valence-corrected chi connectivity index (χ1v) is 7.66. The Kier molecular flexibility index (Phi) is 5.82. The summed E-state index contributed by atoms with van der Waals surface area (Å²) in [4.78, 5) is 0. The van der Waals surface area contributed by atoms with Gasteiger partial charge in [0.05, 0.1) is 14.2 Å². The molecule has 0 atom stereocenters. The van der Waals surface area contributed by atoms with E-state index in [4.69, 9.17) is 9.47 Å². The Morgan fingerprint density at radius 3 is 2.41 bits per heavy atom. The summed E-state index contributed by atoms with van der Waals surface area (Å²) in [5.41, 5.74) is 3.44. The summed E-state index contributed by atoms with van der Waals surface area (Å²) in [6.45, 7) is 2.15. The largest absolute Gasteiger partial charge is 0.497 e. The van der Waals surface area contributed by atoms with Gasteiger partial charge in [0.25, 0.3) is 0 Å². The van der Waals surface area contributed by atoms with E-state index < -0.39 is 0 Å². The molecule has 0 aliphatic carbocycles. The highest BCUT2D eigenvalue weighted by molar-refractivity contribution is 5.47. The van der Waals surface area contributed by atoms with Gasteiger partial charge >= 0.3 is 0 Å². The Hall–Kier alpha value is -2.03. The van der Waals surface area contributed by atoms with Gasteiger partial charge < -0.3 is 9.47 Å². The van der Waals surface area contributed by atoms with E-state index in [1.54, 1.807) is 26.4 Å². The van der Waals surface area contributed by atoms with Crippen molar-refractivity contribution in [2.24, 2.45) is 0 Å². The van der Waals surface area contributed by atoms with Gasteiger partial charge in [-0.25, -0.2) is 4.39 Å². The molecule has 2 nitrogen and oxygen atoms in total. The van der Waals surface area contributed by atoms with Crippen LogP contribution in [0, 0.1) is 5.82 Å². The number of halogens is 1. The van der Waals surface area contributed by atoms with Gasteiger partial charge in [0.2, 0.25) is 0 Å². The molecule has 0 aliphatic rings. The van der Waals surface area contributed by atoms with E-state index >= 15 is 0 Å². The molecule has 0 aromatic heterocycles. The van der Waals surface area contributed by atoms with Gasteiger partial charge in [0.15, 0.2) is 0 Å². The van der Waals surface area contributed by atoms with Crippen LogP contribution < -0.4 is 9.47 Å². The highest BCUT2D eigenvalue weighted by atomic mass is 19.1. The van der Waals surface area contributed by atoms with Gasteiger partial charge in [-0.3, -0.25) is 0 Å². The second-order valence-corrected chi connectivity index (χ2v) is 5.35. The van der Waals surface area contributed by atoms with E-state index in [2.05, 4.69) is 13.0 Å². The van der Waals surface area contributed by atoms with Gasteiger partial charge in [0, 0.05) is 6.07 Å². The van der Waals surface area contributed by atoms with Crippen LogP contribution in [0.15, 0.2) is 36.4 Å². The maximum Gasteiger partial charge on any atom is 0.126 e. The average Bonchev–Trinajstić information content (AvgIpc) is 2.54. The van der Waals surface area contributed by atoms with Gasteiger partial charge in [-0.1, -0.05) is 25.5 Å². The molecule has 0 saturated heterocycles. The Morgan fingerprint density at radius 2 is 1.77 bits per heavy atom. The molecule has 0 fully saturated rings. The van der Waals surface area contributed by atoms with Crippen molar-refractivity contribution in [3.63, 3.8) is 0 Å². The predicted molar refractivity (Wildman–Crippen MR) is 87.3 cm³/mol. The molecule has 0 saturated carbocycles. The zero-order chi connectivity index (χ0) is 15.9. The third-order valence-corrected chi connectivity index (χ3v) is 3.80. The van der Waals surface area contributed by atoms with Crippen molar-refractivity contribution in [3.05, 3.63) is 58.9 Å². The zero-order valence-corrected chi connectivity index (χ0v) is 13.5. The monoisotopic (exact) mass is 302 g/mol. The molecule has 0 unspecified atom stereocenters. The molecule has 0 aliphatic heterocycles. The van der Waals surface area contributed by atoms with Crippen molar-refractivity contribution in [2.75, 3.05) is 14.2 Å². The van der Waals surface area contributed by atoms with Gasteiger partial charge in [-0.2, -0.15) is 0 Å². The molecule has 0 heterocycles. The van der Waals surface area contributed by atoms with E-state index in [0.717, 1.165) is 42.7 Å². The smallest absolute Gasteiger partial charge is 0.126 e. The Morgan fingerprint density at radius 1 is 0.955 bits per heavy atom. The van der Waals surface area contributed by atoms with Gasteiger partial charge in [-0.15, -0.1) is 0 Å². The first kappa shape index (κ1) is 16.3. The quantitative estimate of drug-likeness (QED) is 0.745. The van der Waals surface area contributed by atoms with Crippen LogP contribution in [0.25, 0.3) is 0 Å². The summed E-state index contributed by atoms with van der Waals surface area (Å²) in [6, 6.07) is 10.8. The highest BCUT2D eigenvalue weighted by Crippen LogP contribution is 2.30. The number of aryl methyl sites for hydroxylation is 2. The summed E-state index contributed by atoms with van der Waals surface area (Å²) < 4.78 is 24.2. The number of hydrogen-bond donors (Lipinski definition) is 0. The van der Waals surface area contributed by atoms with E-state index in [1.165, 1.54) is 17.2 Å². The lowest BCUT2D eigenvalue weighted by Gasteiger charge is -2.16. The lowest BCUT2D eigenvalue weighted by molar-refractivity contribution is 0.389. The lowest BCUT2D eigenvalue weighted by Crippen LogP contribution is -2.02. The summed E-state index contributed by atoms with van der Waals surface area (Å²) in [5, 5.41) is 0. The summed E-state index contributed by atoms with van der Waals surface area (Å²) in [6.07, 6.45) is 3.65. The molecule has 2 aromatic carbocycles. The molecule has 0 bridgehead atoms. The van der Waals surface area contributed by atoms with Gasteiger partial charge in [0.1, 0.15) is 17.3 Å². The molecule has 0 N–H and O–H groups in total. The minimum absolute atomic E-state index is 0.186. The second-order valence-electron chi connectivity index (χ2n) is 5.35. The number of rotatable bonds is 7. The first-order valence-electron chi connectivity index (χ1n) is 7.66. The number of methoxy groups -OCH3 is 2. The topological polar surface area (TPSA) is 18.5 Å². The van der Waals surface area contributed by atoms with Crippen molar-refractivity contribution in [2.45, 2.75) is 32.6 Å². The maximum absolute atomic E-state index is 13.3. The fourth-order valence-corrected chi connectivity index (χ4v) is 2.70. The Balaban J connectivity index is 2.27. The SMILES string of the molecule is CCCc1c(CCc2cccc(F)c2)cc(OC)cc1OC. The fourth-order valence-electron chi connectivity index (χ4n) is 2.70. The van der Waals surface area contributed by atoms with Crippen molar-refractivity contribution < 1.29 is 13.9 Å². The minimum Gasteiger partial charge on any atom is -0.497 e.